The van der Waals surface area contributed by atoms with Crippen molar-refractivity contribution in [3.63, 3.8) is 0 Å². The van der Waals surface area contributed by atoms with Crippen LogP contribution in [-0.4, -0.2) is 32.7 Å². The van der Waals surface area contributed by atoms with Gasteiger partial charge in [-0.2, -0.15) is 5.26 Å². The lowest BCUT2D eigenvalue weighted by atomic mass is 10.2. The molecule has 0 fully saturated rings. The first kappa shape index (κ1) is 14.3. The number of anilines is 1. The van der Waals surface area contributed by atoms with E-state index in [0.717, 1.165) is 0 Å². The second-order valence-corrected chi connectivity index (χ2v) is 3.93. The Morgan fingerprint density at radius 2 is 2.33 bits per heavy atom. The van der Waals surface area contributed by atoms with E-state index in [2.05, 4.69) is 10.6 Å². The highest BCUT2D eigenvalue weighted by atomic mass is 35.5. The Hall–Kier alpha value is -1.77. The van der Waals surface area contributed by atoms with Crippen LogP contribution in [0.3, 0.4) is 0 Å². The van der Waals surface area contributed by atoms with Crippen LogP contribution in [0.15, 0.2) is 18.2 Å². The van der Waals surface area contributed by atoms with Gasteiger partial charge in [-0.3, -0.25) is 4.79 Å². The molecule has 5 nitrogen and oxygen atoms in total. The third-order valence-electron chi connectivity index (χ3n) is 2.17. The summed E-state index contributed by atoms with van der Waals surface area (Å²) in [6, 6.07) is 6.87. The SMILES string of the molecule is COCCNC(=O)CNc1cc(Cl)ccc1C#N. The van der Waals surface area contributed by atoms with Crippen molar-refractivity contribution in [2.24, 2.45) is 0 Å². The van der Waals surface area contributed by atoms with E-state index >= 15 is 0 Å². The van der Waals surface area contributed by atoms with Gasteiger partial charge in [0.05, 0.1) is 24.4 Å². The Morgan fingerprint density at radius 1 is 1.56 bits per heavy atom. The zero-order valence-electron chi connectivity index (χ0n) is 10.00. The van der Waals surface area contributed by atoms with Gasteiger partial charge in [-0.05, 0) is 18.2 Å². The third kappa shape index (κ3) is 4.62. The maximum absolute atomic E-state index is 11.4. The number of ether oxygens (including phenoxy) is 1. The summed E-state index contributed by atoms with van der Waals surface area (Å²) in [4.78, 5) is 11.4. The molecular formula is C12H14ClN3O2. The molecule has 0 spiro atoms. The molecule has 0 bridgehead atoms. The number of rotatable bonds is 6. The minimum Gasteiger partial charge on any atom is -0.383 e. The molecule has 1 aromatic rings. The molecule has 1 rings (SSSR count). The van der Waals surface area contributed by atoms with Crippen LogP contribution in [0.2, 0.25) is 5.02 Å². The molecule has 0 heterocycles. The van der Waals surface area contributed by atoms with Crippen LogP contribution in [0.25, 0.3) is 0 Å². The zero-order valence-corrected chi connectivity index (χ0v) is 10.8. The van der Waals surface area contributed by atoms with E-state index < -0.39 is 0 Å². The highest BCUT2D eigenvalue weighted by Gasteiger charge is 2.05. The number of hydrogen-bond donors (Lipinski definition) is 2. The van der Waals surface area contributed by atoms with Crippen molar-refractivity contribution in [3.05, 3.63) is 28.8 Å². The standard InChI is InChI=1S/C12H14ClN3O2/c1-18-5-4-15-12(17)8-16-11-6-10(13)3-2-9(11)7-14/h2-3,6,16H,4-5,8H2,1H3,(H,15,17). The smallest absolute Gasteiger partial charge is 0.239 e. The monoisotopic (exact) mass is 267 g/mol. The molecule has 0 aliphatic heterocycles. The Morgan fingerprint density at radius 3 is 3.00 bits per heavy atom. The van der Waals surface area contributed by atoms with Gasteiger partial charge in [0.2, 0.25) is 5.91 Å². The van der Waals surface area contributed by atoms with E-state index in [1.807, 2.05) is 6.07 Å². The van der Waals surface area contributed by atoms with E-state index in [9.17, 15) is 4.79 Å². The topological polar surface area (TPSA) is 74.2 Å². The van der Waals surface area contributed by atoms with Crippen LogP contribution in [0, 0.1) is 11.3 Å². The lowest BCUT2D eigenvalue weighted by Gasteiger charge is -2.09. The quantitative estimate of drug-likeness (QED) is 0.764. The summed E-state index contributed by atoms with van der Waals surface area (Å²) in [5.74, 6) is -0.170. The van der Waals surface area contributed by atoms with Crippen molar-refractivity contribution >= 4 is 23.2 Å². The predicted molar refractivity (Wildman–Crippen MR) is 69.5 cm³/mol. The molecule has 0 radical (unpaired) electrons. The average Bonchev–Trinajstić information content (AvgIpc) is 2.37. The number of methoxy groups -OCH3 is 1. The predicted octanol–water partition coefficient (Wildman–Crippen LogP) is 1.39. The fourth-order valence-corrected chi connectivity index (χ4v) is 1.46. The highest BCUT2D eigenvalue weighted by molar-refractivity contribution is 6.30. The number of nitriles is 1. The number of amides is 1. The molecule has 0 unspecified atom stereocenters. The van der Waals surface area contributed by atoms with Gasteiger partial charge in [0.1, 0.15) is 6.07 Å². The summed E-state index contributed by atoms with van der Waals surface area (Å²) in [5.41, 5.74) is 0.996. The first-order valence-corrected chi connectivity index (χ1v) is 5.74. The summed E-state index contributed by atoms with van der Waals surface area (Å²) in [5, 5.41) is 14.9. The van der Waals surface area contributed by atoms with Gasteiger partial charge in [-0.25, -0.2) is 0 Å². The van der Waals surface area contributed by atoms with Crippen LogP contribution in [0.1, 0.15) is 5.56 Å². The molecule has 0 atom stereocenters. The Balaban J connectivity index is 2.50. The fourth-order valence-electron chi connectivity index (χ4n) is 1.29. The van der Waals surface area contributed by atoms with Gasteiger partial charge in [0.15, 0.2) is 0 Å². The number of hydrogen-bond acceptors (Lipinski definition) is 4. The molecule has 2 N–H and O–H groups in total. The molecule has 96 valence electrons. The normalized spacial score (nSPS) is 9.61. The van der Waals surface area contributed by atoms with Crippen molar-refractivity contribution in [1.29, 1.82) is 5.26 Å². The molecule has 0 saturated carbocycles. The van der Waals surface area contributed by atoms with Gasteiger partial charge >= 0.3 is 0 Å². The number of carbonyl (C=O) groups excluding carboxylic acids is 1. The average molecular weight is 268 g/mol. The van der Waals surface area contributed by atoms with E-state index in [1.165, 1.54) is 0 Å². The van der Waals surface area contributed by atoms with E-state index in [-0.39, 0.29) is 12.5 Å². The minimum atomic E-state index is -0.170. The molecular weight excluding hydrogens is 254 g/mol. The summed E-state index contributed by atoms with van der Waals surface area (Å²) in [6.07, 6.45) is 0. The highest BCUT2D eigenvalue weighted by Crippen LogP contribution is 2.19. The molecule has 0 aliphatic rings. The van der Waals surface area contributed by atoms with Gasteiger partial charge in [0.25, 0.3) is 0 Å². The molecule has 0 saturated heterocycles. The van der Waals surface area contributed by atoms with E-state index in [1.54, 1.807) is 25.3 Å². The summed E-state index contributed by atoms with van der Waals surface area (Å²) >= 11 is 5.83. The van der Waals surface area contributed by atoms with Crippen LogP contribution in [0.4, 0.5) is 5.69 Å². The van der Waals surface area contributed by atoms with Crippen molar-refractivity contribution in [3.8, 4) is 6.07 Å². The van der Waals surface area contributed by atoms with Crippen LogP contribution in [-0.2, 0) is 9.53 Å². The van der Waals surface area contributed by atoms with Crippen molar-refractivity contribution in [1.82, 2.24) is 5.32 Å². The molecule has 1 aromatic carbocycles. The summed E-state index contributed by atoms with van der Waals surface area (Å²) in [7, 11) is 1.57. The largest absolute Gasteiger partial charge is 0.383 e. The maximum atomic E-state index is 11.4. The molecule has 18 heavy (non-hydrogen) atoms. The maximum Gasteiger partial charge on any atom is 0.239 e. The third-order valence-corrected chi connectivity index (χ3v) is 2.40. The Labute approximate surface area is 111 Å². The summed E-state index contributed by atoms with van der Waals surface area (Å²) in [6.45, 7) is 1.00. The first-order valence-electron chi connectivity index (χ1n) is 5.36. The molecule has 0 aromatic heterocycles. The van der Waals surface area contributed by atoms with Gasteiger partial charge < -0.3 is 15.4 Å². The van der Waals surface area contributed by atoms with E-state index in [0.29, 0.717) is 29.4 Å². The Bertz CT molecular complexity index is 457. The minimum absolute atomic E-state index is 0.0821. The number of nitrogens with zero attached hydrogens (tertiary/aromatic N) is 1. The fraction of sp³-hybridized carbons (Fsp3) is 0.333. The number of nitrogens with one attached hydrogen (secondary N) is 2. The summed E-state index contributed by atoms with van der Waals surface area (Å²) < 4.78 is 4.81. The van der Waals surface area contributed by atoms with Crippen LogP contribution >= 0.6 is 11.6 Å². The number of benzene rings is 1. The zero-order chi connectivity index (χ0) is 13.4. The van der Waals surface area contributed by atoms with Crippen LogP contribution in [0.5, 0.6) is 0 Å². The number of halogens is 1. The van der Waals surface area contributed by atoms with Crippen molar-refractivity contribution < 1.29 is 9.53 Å². The lowest BCUT2D eigenvalue weighted by molar-refractivity contribution is -0.119. The number of carbonyl (C=O) groups is 1. The van der Waals surface area contributed by atoms with Crippen molar-refractivity contribution in [2.45, 2.75) is 0 Å². The van der Waals surface area contributed by atoms with Gasteiger partial charge in [-0.15, -0.1) is 0 Å². The van der Waals surface area contributed by atoms with Gasteiger partial charge in [-0.1, -0.05) is 11.6 Å². The van der Waals surface area contributed by atoms with Crippen molar-refractivity contribution in [2.75, 3.05) is 32.1 Å². The van der Waals surface area contributed by atoms with E-state index in [4.69, 9.17) is 21.6 Å². The van der Waals surface area contributed by atoms with Gasteiger partial charge in [0, 0.05) is 18.7 Å². The molecule has 6 heteroatoms. The molecule has 0 aliphatic carbocycles. The second kappa shape index (κ2) is 7.54. The Kier molecular flexibility index (Phi) is 5.98. The lowest BCUT2D eigenvalue weighted by Crippen LogP contribution is -2.32. The second-order valence-electron chi connectivity index (χ2n) is 3.50. The first-order chi connectivity index (χ1) is 8.67. The van der Waals surface area contributed by atoms with Crippen LogP contribution < -0.4 is 10.6 Å². The molecule has 1 amide bonds.